The molecule has 6 rings (SSSR count). The van der Waals surface area contributed by atoms with Crippen molar-refractivity contribution in [3.8, 4) is 28.7 Å². The minimum atomic E-state index is -0.880. The molecule has 1 N–H and O–H groups in total. The number of likely N-dealkylation sites (tertiary alicyclic amines) is 1. The highest BCUT2D eigenvalue weighted by Crippen LogP contribution is 2.47. The van der Waals surface area contributed by atoms with E-state index in [0.717, 1.165) is 0 Å². The molecule has 0 saturated carbocycles. The summed E-state index contributed by atoms with van der Waals surface area (Å²) in [5.41, 5.74) is 0.852. The van der Waals surface area contributed by atoms with E-state index in [2.05, 4.69) is 4.98 Å². The monoisotopic (exact) mass is 519 g/mol. The maximum Gasteiger partial charge on any atom is 0.295 e. The second-order valence-electron chi connectivity index (χ2n) is 8.96. The lowest BCUT2D eigenvalue weighted by molar-refractivity contribution is -0.139. The molecular formula is C27H25N3O8. The van der Waals surface area contributed by atoms with E-state index in [1.54, 1.807) is 42.9 Å². The van der Waals surface area contributed by atoms with Gasteiger partial charge in [0.1, 0.15) is 19.0 Å². The number of carbonyl (C=O) groups excluding carboxylic acids is 2. The lowest BCUT2D eigenvalue weighted by Gasteiger charge is -2.26. The van der Waals surface area contributed by atoms with Crippen LogP contribution in [0.25, 0.3) is 5.76 Å². The van der Waals surface area contributed by atoms with Crippen LogP contribution in [0.4, 0.5) is 0 Å². The third-order valence-corrected chi connectivity index (χ3v) is 6.73. The topological polar surface area (TPSA) is 122 Å². The van der Waals surface area contributed by atoms with Gasteiger partial charge >= 0.3 is 0 Å². The van der Waals surface area contributed by atoms with Gasteiger partial charge < -0.3 is 38.3 Å². The third kappa shape index (κ3) is 4.05. The van der Waals surface area contributed by atoms with Gasteiger partial charge in [-0.1, -0.05) is 0 Å². The van der Waals surface area contributed by atoms with Crippen LogP contribution in [0.15, 0.2) is 54.6 Å². The zero-order valence-corrected chi connectivity index (χ0v) is 20.6. The van der Waals surface area contributed by atoms with Crippen molar-refractivity contribution in [1.82, 2.24) is 14.5 Å². The van der Waals surface area contributed by atoms with E-state index < -0.39 is 17.7 Å². The highest BCUT2D eigenvalue weighted by atomic mass is 16.7. The molecule has 1 unspecified atom stereocenters. The Morgan fingerprint density at radius 3 is 2.68 bits per heavy atom. The first-order chi connectivity index (χ1) is 18.5. The number of imidazole rings is 1. The molecule has 1 fully saturated rings. The van der Waals surface area contributed by atoms with Crippen molar-refractivity contribution in [1.29, 1.82) is 0 Å². The van der Waals surface area contributed by atoms with Gasteiger partial charge in [-0.25, -0.2) is 4.98 Å². The lowest BCUT2D eigenvalue weighted by atomic mass is 9.94. The Bertz CT molecular complexity index is 1430. The second kappa shape index (κ2) is 9.66. The van der Waals surface area contributed by atoms with Crippen molar-refractivity contribution in [3.05, 3.63) is 65.8 Å². The molecule has 1 amide bonds. The molecule has 4 heterocycles. The molecule has 0 aliphatic carbocycles. The van der Waals surface area contributed by atoms with Gasteiger partial charge in [0.15, 0.2) is 23.0 Å². The number of nitrogens with zero attached hydrogens (tertiary/aromatic N) is 3. The van der Waals surface area contributed by atoms with Gasteiger partial charge in [-0.2, -0.15) is 0 Å². The molecule has 3 aromatic rings. The fourth-order valence-corrected chi connectivity index (χ4v) is 4.95. The van der Waals surface area contributed by atoms with Crippen LogP contribution in [-0.4, -0.2) is 64.9 Å². The van der Waals surface area contributed by atoms with Crippen LogP contribution >= 0.6 is 0 Å². The van der Waals surface area contributed by atoms with E-state index in [1.807, 2.05) is 10.8 Å². The number of rotatable bonds is 7. The van der Waals surface area contributed by atoms with E-state index in [4.69, 9.17) is 23.7 Å². The molecule has 1 atom stereocenters. The van der Waals surface area contributed by atoms with Crippen molar-refractivity contribution >= 4 is 17.4 Å². The van der Waals surface area contributed by atoms with Crippen molar-refractivity contribution in [2.75, 3.05) is 33.7 Å². The van der Waals surface area contributed by atoms with E-state index >= 15 is 0 Å². The summed E-state index contributed by atoms with van der Waals surface area (Å²) in [5.74, 6) is 0.499. The van der Waals surface area contributed by atoms with Crippen molar-refractivity contribution < 1.29 is 38.4 Å². The number of hydrogen-bond acceptors (Lipinski definition) is 9. The Balaban J connectivity index is 1.43. The van der Waals surface area contributed by atoms with Gasteiger partial charge in [-0.3, -0.25) is 9.59 Å². The van der Waals surface area contributed by atoms with Crippen LogP contribution in [0, 0.1) is 0 Å². The molecule has 0 bridgehead atoms. The SMILES string of the molecule is COc1cc(C2/C(=C(\O)c3ccc4c(c3)OCCO4)C(=O)C(=O)N2CCCn2ccnc2)cc2c1OCO2. The lowest BCUT2D eigenvalue weighted by Crippen LogP contribution is -2.31. The number of amides is 1. The Kier molecular flexibility index (Phi) is 6.02. The number of Topliss-reactive ketones (excluding diaryl/α,β-unsaturated/α-hetero) is 1. The number of methoxy groups -OCH3 is 1. The number of hydrogen-bond donors (Lipinski definition) is 1. The maximum absolute atomic E-state index is 13.4. The fourth-order valence-electron chi connectivity index (χ4n) is 4.95. The van der Waals surface area contributed by atoms with Gasteiger partial charge in [-0.05, 0) is 42.3 Å². The van der Waals surface area contributed by atoms with Crippen LogP contribution in [-0.2, 0) is 16.1 Å². The normalized spacial score (nSPS) is 19.2. The number of benzene rings is 2. The Morgan fingerprint density at radius 2 is 1.89 bits per heavy atom. The number of aryl methyl sites for hydroxylation is 1. The van der Waals surface area contributed by atoms with Gasteiger partial charge in [0, 0.05) is 31.0 Å². The van der Waals surface area contributed by atoms with Crippen molar-refractivity contribution in [3.63, 3.8) is 0 Å². The molecule has 2 aromatic carbocycles. The molecule has 3 aliphatic heterocycles. The second-order valence-corrected chi connectivity index (χ2v) is 8.96. The fraction of sp³-hybridized carbons (Fsp3) is 0.296. The summed E-state index contributed by atoms with van der Waals surface area (Å²) in [4.78, 5) is 32.3. The molecule has 1 saturated heterocycles. The highest BCUT2D eigenvalue weighted by molar-refractivity contribution is 6.46. The summed E-state index contributed by atoms with van der Waals surface area (Å²) in [6, 6.07) is 7.43. The first-order valence-electron chi connectivity index (χ1n) is 12.2. The van der Waals surface area contributed by atoms with Gasteiger partial charge in [0.2, 0.25) is 12.5 Å². The van der Waals surface area contributed by atoms with Crippen LogP contribution in [0.2, 0.25) is 0 Å². The standard InChI is InChI=1S/C27H25N3O8/c1-34-20-12-17(13-21-26(20)38-15-37-21)23-22(24(31)16-3-4-18-19(11-16)36-10-9-35-18)25(32)27(33)30(23)7-2-6-29-8-5-28-14-29/h3-5,8,11-14,23,31H,2,6-7,9-10,15H2,1H3/b24-22+. The minimum absolute atomic E-state index is 0.0252. The molecule has 1 aromatic heterocycles. The van der Waals surface area contributed by atoms with Crippen LogP contribution in [0.3, 0.4) is 0 Å². The Morgan fingerprint density at radius 1 is 1.05 bits per heavy atom. The average Bonchev–Trinajstić information content (AvgIpc) is 3.69. The maximum atomic E-state index is 13.4. The largest absolute Gasteiger partial charge is 0.507 e. The number of aliphatic hydroxyl groups is 1. The van der Waals surface area contributed by atoms with E-state index in [9.17, 15) is 14.7 Å². The summed E-state index contributed by atoms with van der Waals surface area (Å²) < 4.78 is 29.7. The number of ketones is 1. The number of ether oxygens (including phenoxy) is 5. The number of carbonyl (C=O) groups is 2. The van der Waals surface area contributed by atoms with E-state index in [0.29, 0.717) is 66.1 Å². The van der Waals surface area contributed by atoms with Crippen LogP contribution in [0.1, 0.15) is 23.6 Å². The predicted octanol–water partition coefficient (Wildman–Crippen LogP) is 2.90. The van der Waals surface area contributed by atoms with Crippen molar-refractivity contribution in [2.45, 2.75) is 19.0 Å². The van der Waals surface area contributed by atoms with Gasteiger partial charge in [0.05, 0.1) is 25.1 Å². The van der Waals surface area contributed by atoms with Crippen molar-refractivity contribution in [2.24, 2.45) is 0 Å². The Hall–Kier alpha value is -4.67. The quantitative estimate of drug-likeness (QED) is 0.285. The van der Waals surface area contributed by atoms with Gasteiger partial charge in [0.25, 0.3) is 11.7 Å². The molecule has 0 radical (unpaired) electrons. The summed E-state index contributed by atoms with van der Waals surface area (Å²) in [6.45, 7) is 1.69. The summed E-state index contributed by atoms with van der Waals surface area (Å²) in [5, 5.41) is 11.4. The molecule has 196 valence electrons. The molecule has 11 heteroatoms. The summed E-state index contributed by atoms with van der Waals surface area (Å²) in [6.07, 6.45) is 5.76. The third-order valence-electron chi connectivity index (χ3n) is 6.73. The minimum Gasteiger partial charge on any atom is -0.507 e. The van der Waals surface area contributed by atoms with E-state index in [1.165, 1.54) is 12.0 Å². The average molecular weight is 520 g/mol. The van der Waals surface area contributed by atoms with Crippen LogP contribution in [0.5, 0.6) is 28.7 Å². The van der Waals surface area contributed by atoms with Crippen LogP contribution < -0.4 is 23.7 Å². The number of aromatic nitrogens is 2. The molecule has 3 aliphatic rings. The zero-order chi connectivity index (χ0) is 26.2. The Labute approximate surface area is 217 Å². The number of aliphatic hydroxyl groups excluding tert-OH is 1. The zero-order valence-electron chi connectivity index (χ0n) is 20.6. The molecular weight excluding hydrogens is 494 g/mol. The first kappa shape index (κ1) is 23.7. The smallest absolute Gasteiger partial charge is 0.295 e. The highest BCUT2D eigenvalue weighted by Gasteiger charge is 2.46. The number of fused-ring (bicyclic) bond motifs is 2. The summed E-state index contributed by atoms with van der Waals surface area (Å²) >= 11 is 0. The summed E-state index contributed by atoms with van der Waals surface area (Å²) in [7, 11) is 1.50. The first-order valence-corrected chi connectivity index (χ1v) is 12.2. The molecule has 11 nitrogen and oxygen atoms in total. The predicted molar refractivity (Wildman–Crippen MR) is 132 cm³/mol. The van der Waals surface area contributed by atoms with Gasteiger partial charge in [-0.15, -0.1) is 0 Å². The van der Waals surface area contributed by atoms with E-state index in [-0.39, 0.29) is 24.7 Å². The molecule has 0 spiro atoms. The molecule has 38 heavy (non-hydrogen) atoms.